The van der Waals surface area contributed by atoms with Gasteiger partial charge >= 0.3 is 0 Å². The lowest BCUT2D eigenvalue weighted by molar-refractivity contribution is 0.469. The van der Waals surface area contributed by atoms with Crippen molar-refractivity contribution in [1.82, 2.24) is 15.2 Å². The van der Waals surface area contributed by atoms with Gasteiger partial charge in [-0.15, -0.1) is 11.3 Å². The summed E-state index contributed by atoms with van der Waals surface area (Å²) in [5.41, 5.74) is 1.33. The van der Waals surface area contributed by atoms with Crippen molar-refractivity contribution < 1.29 is 8.78 Å². The Morgan fingerprint density at radius 3 is 2.83 bits per heavy atom. The average molecular weight is 338 g/mol. The largest absolute Gasteiger partial charge is 0.356 e. The highest BCUT2D eigenvalue weighted by Gasteiger charge is 2.10. The number of rotatable bonds is 5. The van der Waals surface area contributed by atoms with Crippen molar-refractivity contribution in [2.45, 2.75) is 19.9 Å². The molecule has 0 saturated heterocycles. The smallest absolute Gasteiger partial charge is 0.193 e. The average Bonchev–Trinajstić information content (AvgIpc) is 2.92. The highest BCUT2D eigenvalue weighted by molar-refractivity contribution is 7.09. The Morgan fingerprint density at radius 1 is 1.39 bits per heavy atom. The second-order valence-corrected chi connectivity index (χ2v) is 6.21. The quantitative estimate of drug-likeness (QED) is 0.673. The van der Waals surface area contributed by atoms with Crippen LogP contribution in [0.4, 0.5) is 8.78 Å². The molecule has 1 N–H and O–H groups in total. The maximum atomic E-state index is 13.6. The molecule has 2 rings (SSSR count). The number of halogens is 2. The Hall–Kier alpha value is -2.02. The van der Waals surface area contributed by atoms with Crippen LogP contribution in [0.25, 0.3) is 0 Å². The maximum Gasteiger partial charge on any atom is 0.193 e. The standard InChI is InChI=1S/C16H20F2N4S/c1-11-21-13(10-23-11)9-22(3)16(19-2)20-8-7-12-5-4-6-14(17)15(12)18/h4-6,10H,7-9H2,1-3H3,(H,19,20). The Bertz CT molecular complexity index is 684. The van der Waals surface area contributed by atoms with E-state index in [0.717, 1.165) is 16.8 Å². The van der Waals surface area contributed by atoms with Gasteiger partial charge in [-0.1, -0.05) is 12.1 Å². The van der Waals surface area contributed by atoms with Gasteiger partial charge < -0.3 is 10.2 Å². The number of aryl methyl sites for hydroxylation is 1. The van der Waals surface area contributed by atoms with Crippen molar-refractivity contribution in [3.05, 3.63) is 51.5 Å². The second kappa shape index (κ2) is 8.01. The molecular formula is C16H20F2N4S. The molecule has 124 valence electrons. The number of hydrogen-bond donors (Lipinski definition) is 1. The van der Waals surface area contributed by atoms with Gasteiger partial charge in [0.1, 0.15) is 0 Å². The van der Waals surface area contributed by atoms with Gasteiger partial charge in [-0.2, -0.15) is 0 Å². The number of benzene rings is 1. The van der Waals surface area contributed by atoms with E-state index in [1.165, 1.54) is 6.07 Å². The fraction of sp³-hybridized carbons (Fsp3) is 0.375. The monoisotopic (exact) mass is 338 g/mol. The summed E-state index contributed by atoms with van der Waals surface area (Å²) in [6.07, 6.45) is 0.381. The lowest BCUT2D eigenvalue weighted by Crippen LogP contribution is -2.39. The van der Waals surface area contributed by atoms with Crippen molar-refractivity contribution in [3.8, 4) is 0 Å². The van der Waals surface area contributed by atoms with Crippen molar-refractivity contribution >= 4 is 17.3 Å². The molecule has 2 aromatic rings. The molecule has 0 unspecified atom stereocenters. The number of thiazole rings is 1. The molecule has 7 heteroatoms. The van der Waals surface area contributed by atoms with E-state index in [1.54, 1.807) is 24.5 Å². The number of guanidine groups is 1. The molecule has 1 aromatic carbocycles. The highest BCUT2D eigenvalue weighted by atomic mass is 32.1. The minimum Gasteiger partial charge on any atom is -0.356 e. The number of nitrogens with zero attached hydrogens (tertiary/aromatic N) is 3. The molecule has 0 radical (unpaired) electrons. The molecule has 0 aliphatic heterocycles. The third-order valence-electron chi connectivity index (χ3n) is 3.35. The van der Waals surface area contributed by atoms with E-state index in [-0.39, 0.29) is 0 Å². The minimum absolute atomic E-state index is 0.353. The van der Waals surface area contributed by atoms with Gasteiger partial charge in [-0.05, 0) is 25.0 Å². The molecule has 0 bridgehead atoms. The van der Waals surface area contributed by atoms with E-state index in [4.69, 9.17) is 0 Å². The van der Waals surface area contributed by atoms with Gasteiger partial charge in [0.05, 0.1) is 17.2 Å². The van der Waals surface area contributed by atoms with Crippen molar-refractivity contribution in [2.24, 2.45) is 4.99 Å². The SMILES string of the molecule is CN=C(NCCc1cccc(F)c1F)N(C)Cc1csc(C)n1. The Morgan fingerprint density at radius 2 is 2.17 bits per heavy atom. The third kappa shape index (κ3) is 4.72. The van der Waals surface area contributed by atoms with Crippen LogP contribution in [0.1, 0.15) is 16.3 Å². The molecule has 0 atom stereocenters. The van der Waals surface area contributed by atoms with Crippen LogP contribution < -0.4 is 5.32 Å². The zero-order chi connectivity index (χ0) is 16.8. The number of nitrogens with one attached hydrogen (secondary N) is 1. The summed E-state index contributed by atoms with van der Waals surface area (Å²) < 4.78 is 26.8. The lowest BCUT2D eigenvalue weighted by atomic mass is 10.1. The van der Waals surface area contributed by atoms with Crippen LogP contribution in [0.15, 0.2) is 28.6 Å². The van der Waals surface area contributed by atoms with E-state index in [1.807, 2.05) is 24.3 Å². The first-order chi connectivity index (χ1) is 11.0. The van der Waals surface area contributed by atoms with E-state index in [9.17, 15) is 8.78 Å². The zero-order valence-electron chi connectivity index (χ0n) is 13.4. The molecule has 0 aliphatic carbocycles. The summed E-state index contributed by atoms with van der Waals surface area (Å²) in [6.45, 7) is 3.07. The van der Waals surface area contributed by atoms with Crippen LogP contribution >= 0.6 is 11.3 Å². The van der Waals surface area contributed by atoms with Crippen molar-refractivity contribution in [1.29, 1.82) is 0 Å². The van der Waals surface area contributed by atoms with Gasteiger partial charge in [0.2, 0.25) is 0 Å². The molecule has 1 aromatic heterocycles. The minimum atomic E-state index is -0.817. The van der Waals surface area contributed by atoms with Crippen LogP contribution in [-0.2, 0) is 13.0 Å². The maximum absolute atomic E-state index is 13.6. The molecular weight excluding hydrogens is 318 g/mol. The number of aromatic nitrogens is 1. The molecule has 23 heavy (non-hydrogen) atoms. The normalized spacial score (nSPS) is 11.6. The summed E-state index contributed by atoms with van der Waals surface area (Å²) in [5.74, 6) is -0.911. The van der Waals surface area contributed by atoms with E-state index in [2.05, 4.69) is 15.3 Å². The highest BCUT2D eigenvalue weighted by Crippen LogP contribution is 2.12. The van der Waals surface area contributed by atoms with E-state index >= 15 is 0 Å². The first-order valence-electron chi connectivity index (χ1n) is 7.27. The molecule has 0 amide bonds. The summed E-state index contributed by atoms with van der Waals surface area (Å²) in [6, 6.07) is 4.22. The lowest BCUT2D eigenvalue weighted by Gasteiger charge is -2.21. The van der Waals surface area contributed by atoms with Gasteiger partial charge in [0.25, 0.3) is 0 Å². The number of hydrogen-bond acceptors (Lipinski definition) is 3. The molecule has 0 spiro atoms. The topological polar surface area (TPSA) is 40.5 Å². The van der Waals surface area contributed by atoms with E-state index in [0.29, 0.717) is 31.0 Å². The summed E-state index contributed by atoms with van der Waals surface area (Å²) >= 11 is 1.61. The first-order valence-corrected chi connectivity index (χ1v) is 8.15. The first kappa shape index (κ1) is 17.3. The Labute approximate surface area is 138 Å². The summed E-state index contributed by atoms with van der Waals surface area (Å²) in [4.78, 5) is 10.6. The summed E-state index contributed by atoms with van der Waals surface area (Å²) in [5, 5.41) is 6.19. The molecule has 0 saturated carbocycles. The predicted molar refractivity (Wildman–Crippen MR) is 89.7 cm³/mol. The van der Waals surface area contributed by atoms with Crippen molar-refractivity contribution in [2.75, 3.05) is 20.6 Å². The molecule has 0 aliphatic rings. The zero-order valence-corrected chi connectivity index (χ0v) is 14.3. The molecule has 0 fully saturated rings. The Kier molecular flexibility index (Phi) is 6.04. The second-order valence-electron chi connectivity index (χ2n) is 5.15. The molecule has 1 heterocycles. The molecule has 4 nitrogen and oxygen atoms in total. The van der Waals surface area contributed by atoms with E-state index < -0.39 is 11.6 Å². The van der Waals surface area contributed by atoms with Gasteiger partial charge in [-0.25, -0.2) is 13.8 Å². The van der Waals surface area contributed by atoms with Crippen LogP contribution in [-0.4, -0.2) is 36.5 Å². The van der Waals surface area contributed by atoms with Crippen LogP contribution in [0, 0.1) is 18.6 Å². The fourth-order valence-corrected chi connectivity index (χ4v) is 2.84. The summed E-state index contributed by atoms with van der Waals surface area (Å²) in [7, 11) is 3.60. The van der Waals surface area contributed by atoms with Crippen LogP contribution in [0.5, 0.6) is 0 Å². The van der Waals surface area contributed by atoms with Crippen LogP contribution in [0.2, 0.25) is 0 Å². The third-order valence-corrected chi connectivity index (χ3v) is 4.17. The van der Waals surface area contributed by atoms with Crippen molar-refractivity contribution in [3.63, 3.8) is 0 Å². The van der Waals surface area contributed by atoms with Gasteiger partial charge in [-0.3, -0.25) is 4.99 Å². The Balaban J connectivity index is 1.88. The van der Waals surface area contributed by atoms with Gasteiger partial charge in [0.15, 0.2) is 17.6 Å². The number of aliphatic imine (C=N–C) groups is 1. The van der Waals surface area contributed by atoms with Gasteiger partial charge in [0, 0.05) is 26.0 Å². The van der Waals surface area contributed by atoms with Crippen LogP contribution in [0.3, 0.4) is 0 Å². The fourth-order valence-electron chi connectivity index (χ4n) is 2.23. The predicted octanol–water partition coefficient (Wildman–Crippen LogP) is 2.98.